The predicted octanol–water partition coefficient (Wildman–Crippen LogP) is 1.63. The topological polar surface area (TPSA) is 58.2 Å². The van der Waals surface area contributed by atoms with Gasteiger partial charge >= 0.3 is 0 Å². The van der Waals surface area contributed by atoms with E-state index in [2.05, 4.69) is 10.0 Å². The van der Waals surface area contributed by atoms with E-state index in [9.17, 15) is 8.42 Å². The average Bonchev–Trinajstić information content (AvgIpc) is 2.85. The maximum atomic E-state index is 11.0. The SMILES string of the molecule is CS(=O)(=O)Nc1cccc(NC2CC2)c1. The second-order valence-electron chi connectivity index (χ2n) is 3.87. The lowest BCUT2D eigenvalue weighted by Gasteiger charge is -2.07. The highest BCUT2D eigenvalue weighted by atomic mass is 32.2. The summed E-state index contributed by atoms with van der Waals surface area (Å²) in [5.41, 5.74) is 1.56. The number of hydrogen-bond donors (Lipinski definition) is 2. The predicted molar refractivity (Wildman–Crippen MR) is 61.6 cm³/mol. The largest absolute Gasteiger partial charge is 0.382 e. The fourth-order valence-corrected chi connectivity index (χ4v) is 1.91. The molecule has 0 atom stereocenters. The van der Waals surface area contributed by atoms with Gasteiger partial charge in [-0.3, -0.25) is 4.72 Å². The van der Waals surface area contributed by atoms with E-state index >= 15 is 0 Å². The van der Waals surface area contributed by atoms with Gasteiger partial charge in [-0.25, -0.2) is 8.42 Å². The summed E-state index contributed by atoms with van der Waals surface area (Å²) < 4.78 is 24.5. The molecule has 0 aromatic heterocycles. The van der Waals surface area contributed by atoms with Gasteiger partial charge in [0.25, 0.3) is 0 Å². The molecule has 5 heteroatoms. The summed E-state index contributed by atoms with van der Waals surface area (Å²) in [5.74, 6) is 0. The molecule has 1 aliphatic rings. The Kier molecular flexibility index (Phi) is 2.56. The van der Waals surface area contributed by atoms with Crippen LogP contribution in [0.15, 0.2) is 24.3 Å². The van der Waals surface area contributed by atoms with E-state index in [0.29, 0.717) is 11.7 Å². The zero-order valence-corrected chi connectivity index (χ0v) is 9.34. The van der Waals surface area contributed by atoms with Crippen molar-refractivity contribution >= 4 is 21.4 Å². The van der Waals surface area contributed by atoms with E-state index < -0.39 is 10.0 Å². The zero-order chi connectivity index (χ0) is 10.9. The van der Waals surface area contributed by atoms with Crippen molar-refractivity contribution in [2.45, 2.75) is 18.9 Å². The van der Waals surface area contributed by atoms with Crippen LogP contribution < -0.4 is 10.0 Å². The Hall–Kier alpha value is -1.23. The van der Waals surface area contributed by atoms with Crippen molar-refractivity contribution in [3.63, 3.8) is 0 Å². The van der Waals surface area contributed by atoms with Crippen LogP contribution in [0.25, 0.3) is 0 Å². The van der Waals surface area contributed by atoms with Gasteiger partial charge in [0.2, 0.25) is 10.0 Å². The van der Waals surface area contributed by atoms with Crippen LogP contribution in [-0.4, -0.2) is 20.7 Å². The lowest BCUT2D eigenvalue weighted by Crippen LogP contribution is -2.10. The Balaban J connectivity index is 2.10. The smallest absolute Gasteiger partial charge is 0.229 e. The molecule has 0 aliphatic heterocycles. The number of benzene rings is 1. The number of nitrogens with one attached hydrogen (secondary N) is 2. The van der Waals surface area contributed by atoms with E-state index in [1.54, 1.807) is 12.1 Å². The lowest BCUT2D eigenvalue weighted by molar-refractivity contribution is 0.607. The lowest BCUT2D eigenvalue weighted by atomic mass is 10.3. The highest BCUT2D eigenvalue weighted by Crippen LogP contribution is 2.26. The van der Waals surface area contributed by atoms with Gasteiger partial charge < -0.3 is 5.32 Å². The maximum absolute atomic E-state index is 11.0. The molecule has 1 aromatic rings. The van der Waals surface area contributed by atoms with E-state index in [1.807, 2.05) is 12.1 Å². The van der Waals surface area contributed by atoms with Gasteiger partial charge in [0.15, 0.2) is 0 Å². The molecule has 4 nitrogen and oxygen atoms in total. The summed E-state index contributed by atoms with van der Waals surface area (Å²) in [4.78, 5) is 0. The Morgan fingerprint density at radius 3 is 2.53 bits per heavy atom. The molecule has 1 aliphatic carbocycles. The van der Waals surface area contributed by atoms with Crippen LogP contribution in [0.1, 0.15) is 12.8 Å². The van der Waals surface area contributed by atoms with Crippen LogP contribution in [0.4, 0.5) is 11.4 Å². The van der Waals surface area contributed by atoms with Crippen molar-refractivity contribution in [2.24, 2.45) is 0 Å². The molecule has 0 radical (unpaired) electrons. The summed E-state index contributed by atoms with van der Waals surface area (Å²) in [6.07, 6.45) is 3.54. The highest BCUT2D eigenvalue weighted by molar-refractivity contribution is 7.92. The van der Waals surface area contributed by atoms with E-state index in [1.165, 1.54) is 12.8 Å². The Labute approximate surface area is 89.7 Å². The van der Waals surface area contributed by atoms with Crippen LogP contribution in [0, 0.1) is 0 Å². The van der Waals surface area contributed by atoms with Crippen LogP contribution in [0.5, 0.6) is 0 Å². The molecule has 0 saturated heterocycles. The second-order valence-corrected chi connectivity index (χ2v) is 5.62. The standard InChI is InChI=1S/C10H14N2O2S/c1-15(13,14)12-10-4-2-3-9(7-10)11-8-5-6-8/h2-4,7-8,11-12H,5-6H2,1H3. The van der Waals surface area contributed by atoms with E-state index in [0.717, 1.165) is 11.9 Å². The van der Waals surface area contributed by atoms with Gasteiger partial charge in [0.05, 0.1) is 11.9 Å². The van der Waals surface area contributed by atoms with Gasteiger partial charge in [-0.15, -0.1) is 0 Å². The van der Waals surface area contributed by atoms with Gasteiger partial charge in [-0.1, -0.05) is 6.07 Å². The number of anilines is 2. The molecular weight excluding hydrogens is 212 g/mol. The minimum Gasteiger partial charge on any atom is -0.382 e. The minimum absolute atomic E-state index is 0.568. The third kappa shape index (κ3) is 3.43. The van der Waals surface area contributed by atoms with Crippen molar-refractivity contribution in [1.29, 1.82) is 0 Å². The highest BCUT2D eigenvalue weighted by Gasteiger charge is 2.20. The first-order chi connectivity index (χ1) is 7.03. The summed E-state index contributed by atoms with van der Waals surface area (Å²) >= 11 is 0. The molecule has 82 valence electrons. The fourth-order valence-electron chi connectivity index (χ4n) is 1.35. The molecule has 0 unspecified atom stereocenters. The first-order valence-electron chi connectivity index (χ1n) is 4.87. The molecule has 1 saturated carbocycles. The number of sulfonamides is 1. The van der Waals surface area contributed by atoms with Crippen LogP contribution in [0.2, 0.25) is 0 Å². The molecule has 2 rings (SSSR count). The minimum atomic E-state index is -3.18. The second kappa shape index (κ2) is 3.73. The van der Waals surface area contributed by atoms with E-state index in [-0.39, 0.29) is 0 Å². The van der Waals surface area contributed by atoms with Crippen molar-refractivity contribution in [3.05, 3.63) is 24.3 Å². The summed E-state index contributed by atoms with van der Waals surface area (Å²) in [5, 5.41) is 3.31. The summed E-state index contributed by atoms with van der Waals surface area (Å²) in [6.45, 7) is 0. The van der Waals surface area contributed by atoms with Crippen LogP contribution in [0.3, 0.4) is 0 Å². The average molecular weight is 226 g/mol. The van der Waals surface area contributed by atoms with Gasteiger partial charge in [0, 0.05) is 11.7 Å². The zero-order valence-electron chi connectivity index (χ0n) is 8.53. The maximum Gasteiger partial charge on any atom is 0.229 e. The van der Waals surface area contributed by atoms with Crippen LogP contribution in [-0.2, 0) is 10.0 Å². The molecule has 0 heterocycles. The van der Waals surface area contributed by atoms with Crippen LogP contribution >= 0.6 is 0 Å². The van der Waals surface area contributed by atoms with Crippen molar-refractivity contribution < 1.29 is 8.42 Å². The first kappa shape index (κ1) is 10.3. The molecule has 0 amide bonds. The third-order valence-electron chi connectivity index (χ3n) is 2.11. The molecular formula is C10H14N2O2S. The Morgan fingerprint density at radius 1 is 1.27 bits per heavy atom. The number of hydrogen-bond acceptors (Lipinski definition) is 3. The summed E-state index contributed by atoms with van der Waals surface area (Å²) in [7, 11) is -3.18. The van der Waals surface area contributed by atoms with Gasteiger partial charge in [0.1, 0.15) is 0 Å². The fraction of sp³-hybridized carbons (Fsp3) is 0.400. The van der Waals surface area contributed by atoms with Gasteiger partial charge in [-0.2, -0.15) is 0 Å². The summed E-state index contributed by atoms with van der Waals surface area (Å²) in [6, 6.07) is 7.88. The first-order valence-corrected chi connectivity index (χ1v) is 6.76. The van der Waals surface area contributed by atoms with Crippen molar-refractivity contribution in [2.75, 3.05) is 16.3 Å². The quantitative estimate of drug-likeness (QED) is 0.820. The third-order valence-corrected chi connectivity index (χ3v) is 2.72. The molecule has 0 bridgehead atoms. The normalized spacial score (nSPS) is 16.1. The molecule has 15 heavy (non-hydrogen) atoms. The Morgan fingerprint density at radius 2 is 1.93 bits per heavy atom. The van der Waals surface area contributed by atoms with Crippen molar-refractivity contribution in [1.82, 2.24) is 0 Å². The number of rotatable bonds is 4. The monoisotopic (exact) mass is 226 g/mol. The van der Waals surface area contributed by atoms with Crippen molar-refractivity contribution in [3.8, 4) is 0 Å². The Bertz CT molecular complexity index is 452. The molecule has 0 spiro atoms. The molecule has 1 aromatic carbocycles. The van der Waals surface area contributed by atoms with Gasteiger partial charge in [-0.05, 0) is 31.0 Å². The van der Waals surface area contributed by atoms with E-state index in [4.69, 9.17) is 0 Å². The molecule has 2 N–H and O–H groups in total. The molecule has 1 fully saturated rings.